The summed E-state index contributed by atoms with van der Waals surface area (Å²) in [6.45, 7) is 3.20. The number of aromatic nitrogens is 2. The number of hydrogen-bond donors (Lipinski definition) is 1. The van der Waals surface area contributed by atoms with E-state index >= 15 is 0 Å². The predicted octanol–water partition coefficient (Wildman–Crippen LogP) is 1.63. The molecule has 0 unspecified atom stereocenters. The van der Waals surface area contributed by atoms with Crippen LogP contribution in [-0.2, 0) is 4.74 Å². The van der Waals surface area contributed by atoms with Gasteiger partial charge >= 0.3 is 0 Å². The number of pyridine rings is 1. The topological polar surface area (TPSA) is 80.5 Å². The lowest BCUT2D eigenvalue weighted by Gasteiger charge is -2.32. The molecule has 2 aromatic heterocycles. The van der Waals surface area contributed by atoms with E-state index in [0.717, 1.165) is 11.5 Å². The van der Waals surface area contributed by atoms with Gasteiger partial charge in [-0.3, -0.25) is 4.79 Å². The number of anilines is 1. The zero-order valence-electron chi connectivity index (χ0n) is 12.6. The molecule has 7 nitrogen and oxygen atoms in total. The summed E-state index contributed by atoms with van der Waals surface area (Å²) in [5.74, 6) is 0.904. The summed E-state index contributed by atoms with van der Waals surface area (Å²) in [4.78, 5) is 22.6. The van der Waals surface area contributed by atoms with Gasteiger partial charge < -0.3 is 19.4 Å². The smallest absolute Gasteiger partial charge is 0.291 e. The summed E-state index contributed by atoms with van der Waals surface area (Å²) in [6.07, 6.45) is 1.05. The fourth-order valence-corrected chi connectivity index (χ4v) is 2.43. The molecule has 1 amide bonds. The van der Waals surface area contributed by atoms with E-state index in [4.69, 9.17) is 9.15 Å². The highest BCUT2D eigenvalue weighted by Crippen LogP contribution is 2.23. The zero-order chi connectivity index (χ0) is 15.5. The van der Waals surface area contributed by atoms with Gasteiger partial charge in [0.05, 0.1) is 24.5 Å². The van der Waals surface area contributed by atoms with Gasteiger partial charge in [-0.05, 0) is 19.1 Å². The molecule has 22 heavy (non-hydrogen) atoms. The summed E-state index contributed by atoms with van der Waals surface area (Å²) in [6, 6.07) is 5.70. The molecule has 7 heteroatoms. The minimum Gasteiger partial charge on any atom is -0.438 e. The third kappa shape index (κ3) is 2.80. The van der Waals surface area contributed by atoms with Crippen LogP contribution in [0, 0.1) is 6.92 Å². The number of nitrogens with zero attached hydrogens (tertiary/aromatic N) is 3. The molecule has 0 aliphatic carbocycles. The minimum atomic E-state index is -0.241. The molecule has 0 spiro atoms. The van der Waals surface area contributed by atoms with Crippen molar-refractivity contribution in [2.24, 2.45) is 0 Å². The highest BCUT2D eigenvalue weighted by atomic mass is 16.5. The van der Waals surface area contributed by atoms with Crippen LogP contribution in [0.3, 0.4) is 0 Å². The van der Waals surface area contributed by atoms with Gasteiger partial charge in [-0.15, -0.1) is 0 Å². The van der Waals surface area contributed by atoms with Crippen molar-refractivity contribution in [3.63, 3.8) is 0 Å². The summed E-state index contributed by atoms with van der Waals surface area (Å²) < 4.78 is 10.9. The quantitative estimate of drug-likeness (QED) is 0.928. The van der Waals surface area contributed by atoms with E-state index in [9.17, 15) is 4.79 Å². The molecule has 116 valence electrons. The highest BCUT2D eigenvalue weighted by molar-refractivity contribution is 5.92. The van der Waals surface area contributed by atoms with Crippen molar-refractivity contribution in [1.82, 2.24) is 14.9 Å². The molecular weight excluding hydrogens is 284 g/mol. The number of rotatable bonds is 3. The highest BCUT2D eigenvalue weighted by Gasteiger charge is 2.29. The van der Waals surface area contributed by atoms with Gasteiger partial charge in [0.25, 0.3) is 5.91 Å². The Morgan fingerprint density at radius 1 is 1.45 bits per heavy atom. The summed E-state index contributed by atoms with van der Waals surface area (Å²) in [7, 11) is 1.82. The molecule has 2 aromatic rings. The Labute approximate surface area is 128 Å². The van der Waals surface area contributed by atoms with Crippen LogP contribution in [0.5, 0.6) is 0 Å². The molecule has 0 aromatic carbocycles. The van der Waals surface area contributed by atoms with E-state index in [2.05, 4.69) is 15.3 Å². The number of aryl methyl sites for hydroxylation is 1. The summed E-state index contributed by atoms with van der Waals surface area (Å²) in [5.41, 5.74) is 1.40. The monoisotopic (exact) mass is 302 g/mol. The van der Waals surface area contributed by atoms with E-state index in [0.29, 0.717) is 25.4 Å². The lowest BCUT2D eigenvalue weighted by atomic mass is 10.1. The first kappa shape index (κ1) is 14.5. The first-order chi connectivity index (χ1) is 10.7. The first-order valence-electron chi connectivity index (χ1n) is 7.14. The van der Waals surface area contributed by atoms with Crippen molar-refractivity contribution in [1.29, 1.82) is 0 Å². The van der Waals surface area contributed by atoms with Gasteiger partial charge in [0.15, 0.2) is 6.39 Å². The van der Waals surface area contributed by atoms with Crippen molar-refractivity contribution in [2.75, 3.05) is 32.1 Å². The lowest BCUT2D eigenvalue weighted by molar-refractivity contribution is -0.0256. The largest absolute Gasteiger partial charge is 0.438 e. The average molecular weight is 302 g/mol. The fourth-order valence-electron chi connectivity index (χ4n) is 2.43. The van der Waals surface area contributed by atoms with Crippen LogP contribution in [0.1, 0.15) is 28.0 Å². The molecule has 1 aliphatic rings. The molecule has 0 saturated carbocycles. The van der Waals surface area contributed by atoms with Gasteiger partial charge in [0.2, 0.25) is 5.76 Å². The van der Waals surface area contributed by atoms with Crippen LogP contribution < -0.4 is 5.32 Å². The molecule has 3 rings (SSSR count). The Bertz CT molecular complexity index is 670. The van der Waals surface area contributed by atoms with Gasteiger partial charge in [-0.25, -0.2) is 9.97 Å². The minimum absolute atomic E-state index is 0.159. The Balaban J connectivity index is 1.76. The number of oxazole rings is 1. The molecule has 0 bridgehead atoms. The molecule has 1 N–H and O–H groups in total. The second-order valence-electron chi connectivity index (χ2n) is 5.08. The molecule has 1 aliphatic heterocycles. The maximum absolute atomic E-state index is 12.5. The van der Waals surface area contributed by atoms with E-state index in [1.54, 1.807) is 11.8 Å². The van der Waals surface area contributed by atoms with E-state index < -0.39 is 0 Å². The number of ether oxygens (including phenoxy) is 1. The number of carbonyl (C=O) groups is 1. The second-order valence-corrected chi connectivity index (χ2v) is 5.08. The van der Waals surface area contributed by atoms with Gasteiger partial charge in [0, 0.05) is 13.6 Å². The van der Waals surface area contributed by atoms with Crippen molar-refractivity contribution < 1.29 is 13.9 Å². The molecule has 3 heterocycles. The average Bonchev–Trinajstić information content (AvgIpc) is 3.00. The van der Waals surface area contributed by atoms with E-state index in [-0.39, 0.29) is 17.8 Å². The van der Waals surface area contributed by atoms with Gasteiger partial charge in [0.1, 0.15) is 11.9 Å². The maximum atomic E-state index is 12.5. The van der Waals surface area contributed by atoms with Crippen molar-refractivity contribution in [3.8, 4) is 0 Å². The third-order valence-corrected chi connectivity index (χ3v) is 3.65. The third-order valence-electron chi connectivity index (χ3n) is 3.65. The van der Waals surface area contributed by atoms with Crippen molar-refractivity contribution in [3.05, 3.63) is 41.7 Å². The van der Waals surface area contributed by atoms with Gasteiger partial charge in [-0.1, -0.05) is 6.07 Å². The Morgan fingerprint density at radius 2 is 2.32 bits per heavy atom. The van der Waals surface area contributed by atoms with Crippen LogP contribution in [0.4, 0.5) is 5.82 Å². The van der Waals surface area contributed by atoms with Gasteiger partial charge in [-0.2, -0.15) is 0 Å². The first-order valence-corrected chi connectivity index (χ1v) is 7.14. The number of hydrogen-bond acceptors (Lipinski definition) is 6. The number of morpholine rings is 1. The van der Waals surface area contributed by atoms with Crippen LogP contribution >= 0.6 is 0 Å². The standard InChI is InChI=1S/C15H18N4O3/c1-10-14(22-9-17-10)15(20)19-6-7-21-12(8-19)11-4-3-5-13(16-2)18-11/h3-5,9,12H,6-8H2,1-2H3,(H,16,18)/t12-/m1/s1. The summed E-state index contributed by atoms with van der Waals surface area (Å²) in [5, 5.41) is 3.00. The molecule has 1 fully saturated rings. The van der Waals surface area contributed by atoms with E-state index in [1.165, 1.54) is 6.39 Å². The number of carbonyl (C=O) groups excluding carboxylic acids is 1. The maximum Gasteiger partial charge on any atom is 0.291 e. The van der Waals surface area contributed by atoms with E-state index in [1.807, 2.05) is 25.2 Å². The molecule has 0 radical (unpaired) electrons. The van der Waals surface area contributed by atoms with Crippen LogP contribution in [0.2, 0.25) is 0 Å². The SMILES string of the molecule is CNc1cccc([C@H]2CN(C(=O)c3ocnc3C)CCO2)n1. The Hall–Kier alpha value is -2.41. The van der Waals surface area contributed by atoms with Crippen molar-refractivity contribution in [2.45, 2.75) is 13.0 Å². The number of nitrogens with one attached hydrogen (secondary N) is 1. The number of amides is 1. The molecule has 1 atom stereocenters. The Morgan fingerprint density at radius 3 is 3.05 bits per heavy atom. The molecular formula is C15H18N4O3. The fraction of sp³-hybridized carbons (Fsp3) is 0.400. The van der Waals surface area contributed by atoms with Crippen molar-refractivity contribution >= 4 is 11.7 Å². The van der Waals surface area contributed by atoms with Crippen LogP contribution in [-0.4, -0.2) is 47.5 Å². The predicted molar refractivity (Wildman–Crippen MR) is 79.6 cm³/mol. The summed E-state index contributed by atoms with van der Waals surface area (Å²) >= 11 is 0. The Kier molecular flexibility index (Phi) is 4.06. The van der Waals surface area contributed by atoms with Crippen LogP contribution in [0.25, 0.3) is 0 Å². The van der Waals surface area contributed by atoms with Crippen LogP contribution in [0.15, 0.2) is 29.0 Å². The zero-order valence-corrected chi connectivity index (χ0v) is 12.6. The lowest BCUT2D eigenvalue weighted by Crippen LogP contribution is -2.42. The molecule has 1 saturated heterocycles. The second kappa shape index (κ2) is 6.15. The normalized spacial score (nSPS) is 18.3.